The summed E-state index contributed by atoms with van der Waals surface area (Å²) in [5, 5.41) is 12.3. The van der Waals surface area contributed by atoms with Crippen LogP contribution < -0.4 is 5.32 Å². The molecule has 10 heavy (non-hydrogen) atoms. The fourth-order valence-electron chi connectivity index (χ4n) is 0.697. The van der Waals surface area contributed by atoms with Crippen LogP contribution in [0.1, 0.15) is 13.3 Å². The van der Waals surface area contributed by atoms with E-state index < -0.39 is 0 Å². The van der Waals surface area contributed by atoms with Gasteiger partial charge in [-0.2, -0.15) is 11.8 Å². The van der Waals surface area contributed by atoms with Gasteiger partial charge in [0, 0.05) is 12.3 Å². The number of nitrogens with one attached hydrogen (secondary N) is 1. The Kier molecular flexibility index (Phi) is 7.58. The molecule has 1 atom stereocenters. The van der Waals surface area contributed by atoms with Crippen LogP contribution >= 0.6 is 11.8 Å². The van der Waals surface area contributed by atoms with Gasteiger partial charge in [0.1, 0.15) is 0 Å². The van der Waals surface area contributed by atoms with E-state index in [1.54, 1.807) is 11.8 Å². The zero-order valence-corrected chi connectivity index (χ0v) is 7.58. The first-order valence-electron chi connectivity index (χ1n) is 3.69. The zero-order valence-electron chi connectivity index (χ0n) is 6.76. The van der Waals surface area contributed by atoms with E-state index in [0.717, 1.165) is 25.3 Å². The zero-order chi connectivity index (χ0) is 7.82. The average molecular weight is 163 g/mol. The van der Waals surface area contributed by atoms with Crippen LogP contribution in [0.5, 0.6) is 0 Å². The van der Waals surface area contributed by atoms with Gasteiger partial charge in [-0.05, 0) is 19.2 Å². The summed E-state index contributed by atoms with van der Waals surface area (Å²) in [6.45, 7) is 3.86. The molecule has 0 aliphatic heterocycles. The molecule has 0 spiro atoms. The van der Waals surface area contributed by atoms with Crippen molar-refractivity contribution >= 4 is 11.8 Å². The van der Waals surface area contributed by atoms with Crippen LogP contribution in [0, 0.1) is 0 Å². The minimum absolute atomic E-state index is 0.179. The molecule has 2 N–H and O–H groups in total. The Bertz CT molecular complexity index is 70.6. The van der Waals surface area contributed by atoms with Crippen molar-refractivity contribution in [3.8, 4) is 0 Å². The third kappa shape index (κ3) is 6.39. The quantitative estimate of drug-likeness (QED) is 0.566. The molecular weight excluding hydrogens is 146 g/mol. The average Bonchev–Trinajstić information content (AvgIpc) is 1.89. The second-order valence-corrected chi connectivity index (χ2v) is 3.22. The van der Waals surface area contributed by atoms with Gasteiger partial charge < -0.3 is 10.4 Å². The summed E-state index contributed by atoms with van der Waals surface area (Å²) >= 11 is 1.68. The Balaban J connectivity index is 2.97. The molecule has 0 heterocycles. The Morgan fingerprint density at radius 2 is 2.30 bits per heavy atom. The Hall–Kier alpha value is 0.270. The second-order valence-electron chi connectivity index (χ2n) is 2.31. The van der Waals surface area contributed by atoms with Crippen molar-refractivity contribution in [2.45, 2.75) is 19.4 Å². The maximum Gasteiger partial charge on any atom is 0.0754 e. The van der Waals surface area contributed by atoms with E-state index in [1.165, 1.54) is 0 Å². The number of rotatable bonds is 6. The summed E-state index contributed by atoms with van der Waals surface area (Å²) in [6, 6.07) is 0. The number of aliphatic hydroxyl groups is 1. The molecular formula is C7H17NOS. The summed E-state index contributed by atoms with van der Waals surface area (Å²) in [4.78, 5) is 0. The van der Waals surface area contributed by atoms with Crippen LogP contribution in [0.25, 0.3) is 0 Å². The van der Waals surface area contributed by atoms with Gasteiger partial charge in [0.2, 0.25) is 0 Å². The van der Waals surface area contributed by atoms with Crippen LogP contribution in [0.4, 0.5) is 0 Å². The maximum atomic E-state index is 9.19. The molecule has 62 valence electrons. The van der Waals surface area contributed by atoms with Crippen molar-refractivity contribution < 1.29 is 5.11 Å². The van der Waals surface area contributed by atoms with Crippen LogP contribution in [-0.2, 0) is 0 Å². The fraction of sp³-hybridized carbons (Fsp3) is 1.00. The van der Waals surface area contributed by atoms with Crippen molar-refractivity contribution in [3.63, 3.8) is 0 Å². The van der Waals surface area contributed by atoms with Gasteiger partial charge in [-0.25, -0.2) is 0 Å². The maximum absolute atomic E-state index is 9.19. The minimum atomic E-state index is -0.179. The molecule has 1 unspecified atom stereocenters. The highest BCUT2D eigenvalue weighted by atomic mass is 32.2. The summed E-state index contributed by atoms with van der Waals surface area (Å²) in [5.41, 5.74) is 0. The first kappa shape index (κ1) is 10.3. The Morgan fingerprint density at radius 3 is 2.80 bits per heavy atom. The second kappa shape index (κ2) is 7.38. The number of hydrogen-bond acceptors (Lipinski definition) is 3. The fourth-order valence-corrected chi connectivity index (χ4v) is 1.20. The molecule has 0 aromatic rings. The lowest BCUT2D eigenvalue weighted by Gasteiger charge is -2.08. The van der Waals surface area contributed by atoms with E-state index in [0.29, 0.717) is 0 Å². The molecule has 0 saturated carbocycles. The van der Waals surface area contributed by atoms with Gasteiger partial charge in [0.15, 0.2) is 0 Å². The molecule has 3 heteroatoms. The van der Waals surface area contributed by atoms with Crippen molar-refractivity contribution in [2.75, 3.05) is 25.1 Å². The van der Waals surface area contributed by atoms with E-state index in [4.69, 9.17) is 0 Å². The van der Waals surface area contributed by atoms with E-state index in [-0.39, 0.29) is 6.10 Å². The van der Waals surface area contributed by atoms with Gasteiger partial charge in [0.05, 0.1) is 6.10 Å². The first-order valence-corrected chi connectivity index (χ1v) is 5.08. The van der Waals surface area contributed by atoms with E-state index in [2.05, 4.69) is 12.2 Å². The predicted octanol–water partition coefficient (Wildman–Crippen LogP) is 0.710. The smallest absolute Gasteiger partial charge is 0.0754 e. The van der Waals surface area contributed by atoms with Crippen LogP contribution in [0.15, 0.2) is 0 Å². The molecule has 0 aromatic carbocycles. The van der Waals surface area contributed by atoms with Gasteiger partial charge in [-0.1, -0.05) is 6.92 Å². The summed E-state index contributed by atoms with van der Waals surface area (Å²) in [7, 11) is 0. The van der Waals surface area contributed by atoms with Crippen molar-refractivity contribution in [2.24, 2.45) is 0 Å². The molecule has 0 aliphatic carbocycles. The minimum Gasteiger partial charge on any atom is -0.391 e. The number of hydrogen-bond donors (Lipinski definition) is 2. The van der Waals surface area contributed by atoms with E-state index >= 15 is 0 Å². The molecule has 0 aliphatic rings. The normalized spacial score (nSPS) is 13.5. The molecule has 0 fully saturated rings. The first-order chi connectivity index (χ1) is 4.81. The van der Waals surface area contributed by atoms with Crippen LogP contribution in [0.2, 0.25) is 0 Å². The summed E-state index contributed by atoms with van der Waals surface area (Å²) in [5.74, 6) is 0.830. The van der Waals surface area contributed by atoms with Crippen LogP contribution in [-0.4, -0.2) is 36.3 Å². The van der Waals surface area contributed by atoms with Crippen molar-refractivity contribution in [1.82, 2.24) is 5.32 Å². The highest BCUT2D eigenvalue weighted by Crippen LogP contribution is 1.94. The lowest BCUT2D eigenvalue weighted by atomic mass is 10.4. The monoisotopic (exact) mass is 163 g/mol. The van der Waals surface area contributed by atoms with Gasteiger partial charge in [-0.3, -0.25) is 0 Å². The Morgan fingerprint density at radius 1 is 1.60 bits per heavy atom. The molecule has 0 rings (SSSR count). The SMILES string of the molecule is CCCNCC(O)CSC. The van der Waals surface area contributed by atoms with Crippen molar-refractivity contribution in [3.05, 3.63) is 0 Å². The molecule has 0 saturated heterocycles. The third-order valence-corrected chi connectivity index (χ3v) is 1.88. The number of aliphatic hydroxyl groups excluding tert-OH is 1. The lowest BCUT2D eigenvalue weighted by molar-refractivity contribution is 0.196. The topological polar surface area (TPSA) is 32.3 Å². The van der Waals surface area contributed by atoms with Gasteiger partial charge in [-0.15, -0.1) is 0 Å². The largest absolute Gasteiger partial charge is 0.391 e. The summed E-state index contributed by atoms with van der Waals surface area (Å²) in [6.07, 6.45) is 2.95. The number of thioether (sulfide) groups is 1. The molecule has 2 nitrogen and oxygen atoms in total. The molecule has 0 aromatic heterocycles. The molecule has 0 radical (unpaired) electrons. The standard InChI is InChI=1S/C7H17NOS/c1-3-4-8-5-7(9)6-10-2/h7-9H,3-6H2,1-2H3. The molecule has 0 amide bonds. The highest BCUT2D eigenvalue weighted by molar-refractivity contribution is 7.98. The van der Waals surface area contributed by atoms with E-state index in [1.807, 2.05) is 6.26 Å². The van der Waals surface area contributed by atoms with Gasteiger partial charge in [0.25, 0.3) is 0 Å². The van der Waals surface area contributed by atoms with Crippen LogP contribution in [0.3, 0.4) is 0 Å². The Labute approximate surface area is 67.4 Å². The molecule has 0 bridgehead atoms. The highest BCUT2D eigenvalue weighted by Gasteiger charge is 1.99. The van der Waals surface area contributed by atoms with Gasteiger partial charge >= 0.3 is 0 Å². The lowest BCUT2D eigenvalue weighted by Crippen LogP contribution is -2.28. The third-order valence-electron chi connectivity index (χ3n) is 1.17. The van der Waals surface area contributed by atoms with E-state index in [9.17, 15) is 5.11 Å². The van der Waals surface area contributed by atoms with Crippen molar-refractivity contribution in [1.29, 1.82) is 0 Å². The summed E-state index contributed by atoms with van der Waals surface area (Å²) < 4.78 is 0. The predicted molar refractivity (Wildman–Crippen MR) is 47.5 cm³/mol.